The van der Waals surface area contributed by atoms with Gasteiger partial charge in [-0.3, -0.25) is 0 Å². The van der Waals surface area contributed by atoms with E-state index in [0.29, 0.717) is 22.3 Å². The van der Waals surface area contributed by atoms with Crippen molar-refractivity contribution in [3.05, 3.63) is 240 Å². The molecular formula is C58H58O6S5. The van der Waals surface area contributed by atoms with E-state index in [2.05, 4.69) is 0 Å². The van der Waals surface area contributed by atoms with Crippen molar-refractivity contribution in [2.45, 2.75) is 56.8 Å². The van der Waals surface area contributed by atoms with Gasteiger partial charge >= 0.3 is 0 Å². The van der Waals surface area contributed by atoms with Crippen LogP contribution in [0.4, 0.5) is 0 Å². The molecule has 0 fully saturated rings. The lowest BCUT2D eigenvalue weighted by Crippen LogP contribution is -2.21. The summed E-state index contributed by atoms with van der Waals surface area (Å²) in [5, 5.41) is -2.04. The summed E-state index contributed by atoms with van der Waals surface area (Å²) < 4.78 is 85.1. The van der Waals surface area contributed by atoms with E-state index >= 15 is 0 Å². The van der Waals surface area contributed by atoms with Crippen molar-refractivity contribution in [3.63, 3.8) is 0 Å². The molecule has 0 radical (unpaired) electrons. The fourth-order valence-corrected chi connectivity index (χ4v) is 12.9. The molecule has 2 unspecified atom stereocenters. The average molecular weight is 1010 g/mol. The fourth-order valence-electron chi connectivity index (χ4n) is 7.45. The molecule has 0 aliphatic heterocycles. The first-order valence-corrected chi connectivity index (χ1v) is 29.8. The highest BCUT2D eigenvalue weighted by Crippen LogP contribution is 2.30. The van der Waals surface area contributed by atoms with Crippen molar-refractivity contribution in [2.75, 3.05) is 24.0 Å². The topological polar surface area (TPSA) is 102 Å². The van der Waals surface area contributed by atoms with Gasteiger partial charge in [0.25, 0.3) is 0 Å². The van der Waals surface area contributed by atoms with Crippen LogP contribution in [0, 0.1) is 0 Å². The summed E-state index contributed by atoms with van der Waals surface area (Å²) in [6.45, 7) is 3.51. The molecule has 0 heterocycles. The predicted octanol–water partition coefficient (Wildman–Crippen LogP) is 13.8. The van der Waals surface area contributed by atoms with Gasteiger partial charge in [0.05, 0.1) is 31.8 Å². The highest BCUT2D eigenvalue weighted by molar-refractivity contribution is 7.98. The third kappa shape index (κ3) is 15.7. The Hall–Kier alpha value is -5.69. The highest BCUT2D eigenvalue weighted by Gasteiger charge is 2.28. The van der Waals surface area contributed by atoms with Crippen LogP contribution in [0.5, 0.6) is 0 Å². The first-order valence-electron chi connectivity index (χ1n) is 22.5. The lowest BCUT2D eigenvalue weighted by molar-refractivity contribution is 0.586. The van der Waals surface area contributed by atoms with E-state index in [1.54, 1.807) is 122 Å². The van der Waals surface area contributed by atoms with Crippen LogP contribution >= 0.6 is 23.5 Å². The van der Waals surface area contributed by atoms with E-state index in [-0.39, 0.29) is 34.1 Å². The first-order chi connectivity index (χ1) is 33.2. The molecule has 6 aromatic rings. The van der Waals surface area contributed by atoms with E-state index in [0.717, 1.165) is 32.0 Å². The lowest BCUT2D eigenvalue weighted by atomic mass is 10.0. The summed E-state index contributed by atoms with van der Waals surface area (Å²) in [7, 11) is -11.6. The summed E-state index contributed by atoms with van der Waals surface area (Å²) in [6, 6.07) is 52.0. The minimum Gasteiger partial charge on any atom is -0.228 e. The molecule has 0 saturated carbocycles. The van der Waals surface area contributed by atoms with Gasteiger partial charge in [-0.1, -0.05) is 181 Å². The van der Waals surface area contributed by atoms with Gasteiger partial charge in [0.15, 0.2) is 29.5 Å². The Labute approximate surface area is 419 Å². The van der Waals surface area contributed by atoms with Crippen LogP contribution in [-0.2, 0) is 29.5 Å². The van der Waals surface area contributed by atoms with Crippen molar-refractivity contribution >= 4 is 76.3 Å². The van der Waals surface area contributed by atoms with E-state index in [9.17, 15) is 25.3 Å². The largest absolute Gasteiger partial charge is 0.228 e. The molecule has 2 atom stereocenters. The SMILES string of the molecule is CSc1ccc(/C=C/C(=C/C(C/C(C)=C/CS(=O)(=O)C/C=C(\C)CC(/C=C(/C=C/c2ccc(SC)cc2)c2ccccc2)S(=O)(=O)c2ccccc2)S(=O)(=O)c2ccccc2)c2ccccc2)cc1. The molecule has 0 amide bonds. The van der Waals surface area contributed by atoms with Gasteiger partial charge in [-0.2, -0.15) is 0 Å². The molecule has 0 aromatic heterocycles. The number of hydrogen-bond donors (Lipinski definition) is 0. The Bertz CT molecular complexity index is 2930. The van der Waals surface area contributed by atoms with Gasteiger partial charge in [0.2, 0.25) is 0 Å². The summed E-state index contributed by atoms with van der Waals surface area (Å²) in [6.07, 6.45) is 18.6. The Balaban J connectivity index is 1.27. The maximum atomic E-state index is 14.4. The monoisotopic (exact) mass is 1010 g/mol. The standard InChI is InChI=1S/C58H58O6S5/c1-45(41-57(68(61,62)55-21-13-7-14-22-55)43-51(49-17-9-5-10-18-49)31-25-47-27-33-53(65-3)34-28-47)37-39-67(59,60)40-38-46(2)42-58(69(63,64)56-23-15-8-16-24-56)44-52(50-19-11-6-12-20-50)32-26-48-29-35-54(66-4)36-30-48/h5-38,43-44,57-58H,39-42H2,1-4H3/b31-25+,32-26+,45-37+,46-38+,51-43-,52-44-. The van der Waals surface area contributed by atoms with E-state index in [1.807, 2.05) is 146 Å². The van der Waals surface area contributed by atoms with Crippen LogP contribution < -0.4 is 0 Å². The Kier molecular flexibility index (Phi) is 19.3. The molecule has 0 bridgehead atoms. The molecule has 6 nitrogen and oxygen atoms in total. The van der Waals surface area contributed by atoms with Gasteiger partial charge < -0.3 is 0 Å². The molecule has 356 valence electrons. The number of rotatable bonds is 22. The van der Waals surface area contributed by atoms with Crippen LogP contribution in [0.1, 0.15) is 48.9 Å². The quantitative estimate of drug-likeness (QED) is 0.0376. The fraction of sp³-hybridized carbons (Fsp3) is 0.172. The predicted molar refractivity (Wildman–Crippen MR) is 294 cm³/mol. The zero-order valence-electron chi connectivity index (χ0n) is 39.3. The summed E-state index contributed by atoms with van der Waals surface area (Å²) >= 11 is 3.31. The Morgan fingerprint density at radius 3 is 1.09 bits per heavy atom. The van der Waals surface area contributed by atoms with Crippen molar-refractivity contribution < 1.29 is 25.3 Å². The van der Waals surface area contributed by atoms with Crippen LogP contribution in [0.25, 0.3) is 23.3 Å². The van der Waals surface area contributed by atoms with Gasteiger partial charge in [0, 0.05) is 9.79 Å². The molecule has 0 saturated heterocycles. The summed E-state index contributed by atoms with van der Waals surface area (Å²) in [5.41, 5.74) is 6.24. The molecule has 6 rings (SSSR count). The molecule has 11 heteroatoms. The first kappa shape index (κ1) is 52.7. The number of benzene rings is 6. The average Bonchev–Trinajstić information content (AvgIpc) is 3.38. The minimum absolute atomic E-state index is 0.0564. The number of thioether (sulfide) groups is 2. The van der Waals surface area contributed by atoms with E-state index in [4.69, 9.17) is 0 Å². The third-order valence-electron chi connectivity index (χ3n) is 11.4. The van der Waals surface area contributed by atoms with Crippen molar-refractivity contribution in [1.82, 2.24) is 0 Å². The van der Waals surface area contributed by atoms with Crippen LogP contribution in [0.3, 0.4) is 0 Å². The van der Waals surface area contributed by atoms with Crippen molar-refractivity contribution in [2.24, 2.45) is 0 Å². The highest BCUT2D eigenvalue weighted by atomic mass is 32.2. The second kappa shape index (κ2) is 25.3. The normalized spacial score (nSPS) is 14.3. The maximum absolute atomic E-state index is 14.4. The third-order valence-corrected chi connectivity index (χ3v) is 18.3. The molecule has 0 spiro atoms. The van der Waals surface area contributed by atoms with Gasteiger partial charge in [0.1, 0.15) is 0 Å². The summed E-state index contributed by atoms with van der Waals surface area (Å²) in [4.78, 5) is 2.62. The zero-order chi connectivity index (χ0) is 49.3. The Morgan fingerprint density at radius 2 is 0.768 bits per heavy atom. The molecule has 0 aliphatic rings. The smallest absolute Gasteiger partial charge is 0.185 e. The molecule has 0 N–H and O–H groups in total. The minimum atomic E-state index is -3.93. The summed E-state index contributed by atoms with van der Waals surface area (Å²) in [5.74, 6) is -0.650. The van der Waals surface area contributed by atoms with Crippen LogP contribution in [-0.4, -0.2) is 59.8 Å². The Morgan fingerprint density at radius 1 is 0.449 bits per heavy atom. The second-order valence-corrected chi connectivity index (χ2v) is 24.8. The van der Waals surface area contributed by atoms with Gasteiger partial charge in [-0.15, -0.1) is 23.5 Å². The van der Waals surface area contributed by atoms with Crippen molar-refractivity contribution in [3.8, 4) is 0 Å². The maximum Gasteiger partial charge on any atom is 0.185 e. The zero-order valence-corrected chi connectivity index (χ0v) is 43.3. The van der Waals surface area contributed by atoms with Gasteiger partial charge in [-0.25, -0.2) is 25.3 Å². The van der Waals surface area contributed by atoms with E-state index < -0.39 is 40.0 Å². The number of allylic oxidation sites excluding steroid dienone is 6. The van der Waals surface area contributed by atoms with E-state index in [1.165, 1.54) is 0 Å². The molecule has 0 aliphatic carbocycles. The van der Waals surface area contributed by atoms with Gasteiger partial charge in [-0.05, 0) is 121 Å². The molecule has 6 aromatic carbocycles. The van der Waals surface area contributed by atoms with Crippen LogP contribution in [0.2, 0.25) is 0 Å². The van der Waals surface area contributed by atoms with Crippen molar-refractivity contribution in [1.29, 1.82) is 0 Å². The number of sulfone groups is 3. The molecule has 69 heavy (non-hydrogen) atoms. The number of hydrogen-bond acceptors (Lipinski definition) is 8. The lowest BCUT2D eigenvalue weighted by Gasteiger charge is -2.17. The molecular weight excluding hydrogens is 953 g/mol. The van der Waals surface area contributed by atoms with Crippen LogP contribution in [0.15, 0.2) is 237 Å². The second-order valence-electron chi connectivity index (χ2n) is 16.6.